The zero-order valence-electron chi connectivity index (χ0n) is 13.8. The van der Waals surface area contributed by atoms with Crippen LogP contribution in [0.5, 0.6) is 5.75 Å². The number of benzene rings is 2. The Morgan fingerprint density at radius 3 is 2.46 bits per heavy atom. The Hall–Kier alpha value is -1.36. The van der Waals surface area contributed by atoms with Gasteiger partial charge in [0.05, 0.1) is 6.61 Å². The lowest BCUT2D eigenvalue weighted by molar-refractivity contribution is 0.00819. The molecule has 1 unspecified atom stereocenters. The third-order valence-electron chi connectivity index (χ3n) is 3.95. The predicted octanol–water partition coefficient (Wildman–Crippen LogP) is 6.77. The van der Waals surface area contributed by atoms with Gasteiger partial charge in [-0.05, 0) is 42.0 Å². The van der Waals surface area contributed by atoms with E-state index < -0.39 is 6.68 Å². The maximum absolute atomic E-state index is 9.67. The fourth-order valence-electron chi connectivity index (χ4n) is 2.85. The highest BCUT2D eigenvalue weighted by atomic mass is 32.2. The van der Waals surface area contributed by atoms with Crippen LogP contribution in [0, 0.1) is 0 Å². The molecule has 1 aliphatic heterocycles. The van der Waals surface area contributed by atoms with Gasteiger partial charge >= 0.3 is 6.68 Å². The van der Waals surface area contributed by atoms with Crippen LogP contribution in [0.15, 0.2) is 36.4 Å². The number of unbranched alkanes of at least 4 members (excludes halogenated alkanes) is 1. The monoisotopic (exact) mass is 356 g/mol. The summed E-state index contributed by atoms with van der Waals surface area (Å²) in [6, 6.07) is 13.1. The van der Waals surface area contributed by atoms with Crippen LogP contribution in [0.4, 0.5) is 13.2 Å². The molecule has 1 aliphatic rings. The van der Waals surface area contributed by atoms with E-state index in [2.05, 4.69) is 55.1 Å². The van der Waals surface area contributed by atoms with Crippen LogP contribution in [-0.2, 0) is 0 Å². The van der Waals surface area contributed by atoms with Crippen molar-refractivity contribution in [1.82, 2.24) is 0 Å². The van der Waals surface area contributed by atoms with Gasteiger partial charge in [0, 0.05) is 10.6 Å². The first-order valence-corrected chi connectivity index (χ1v) is 9.36. The second-order valence-corrected chi connectivity index (χ2v) is 6.96. The molecule has 0 bridgehead atoms. The van der Waals surface area contributed by atoms with E-state index in [4.69, 9.17) is 4.74 Å². The number of halogens is 3. The maximum atomic E-state index is 9.67. The van der Waals surface area contributed by atoms with Crippen molar-refractivity contribution in [3.05, 3.63) is 42.0 Å². The molecule has 0 aromatic heterocycles. The summed E-state index contributed by atoms with van der Waals surface area (Å²) in [7, 11) is 0. The Bertz CT molecular complexity index is 624. The Morgan fingerprint density at radius 2 is 1.83 bits per heavy atom. The fourth-order valence-corrected chi connectivity index (χ4v) is 4.19. The lowest BCUT2D eigenvalue weighted by atomic mass is 9.99. The average molecular weight is 356 g/mol. The van der Waals surface area contributed by atoms with Crippen LogP contribution < -0.4 is 4.74 Å². The van der Waals surface area contributed by atoms with E-state index in [9.17, 15) is 13.2 Å². The van der Waals surface area contributed by atoms with Crippen molar-refractivity contribution in [1.29, 1.82) is 0 Å². The fraction of sp³-hybridized carbons (Fsp3) is 0.474. The number of hydrogen-bond acceptors (Lipinski definition) is 2. The van der Waals surface area contributed by atoms with Crippen molar-refractivity contribution in [3.63, 3.8) is 0 Å². The van der Waals surface area contributed by atoms with Gasteiger partial charge in [0.2, 0.25) is 0 Å². The molecule has 132 valence electrons. The Morgan fingerprint density at radius 1 is 1.12 bits per heavy atom. The Balaban J connectivity index is 0.000000471. The SMILES string of the molecule is CCCCOc1ccc(C2CCCS2)c2ccccc12.FC(F)F. The molecular weight excluding hydrogens is 333 g/mol. The second kappa shape index (κ2) is 9.82. The molecule has 1 saturated heterocycles. The number of ether oxygens (including phenoxy) is 1. The van der Waals surface area contributed by atoms with Crippen molar-refractivity contribution in [2.24, 2.45) is 0 Å². The molecule has 24 heavy (non-hydrogen) atoms. The number of fused-ring (bicyclic) bond motifs is 1. The summed E-state index contributed by atoms with van der Waals surface area (Å²) in [6.45, 7) is -0.653. The minimum absolute atomic E-state index is 0.671. The van der Waals surface area contributed by atoms with Gasteiger partial charge in [0.25, 0.3) is 0 Å². The van der Waals surface area contributed by atoms with Gasteiger partial charge in [-0.15, -0.1) is 0 Å². The van der Waals surface area contributed by atoms with Gasteiger partial charge in [-0.25, -0.2) is 0 Å². The largest absolute Gasteiger partial charge is 0.493 e. The van der Waals surface area contributed by atoms with E-state index in [-0.39, 0.29) is 0 Å². The highest BCUT2D eigenvalue weighted by Gasteiger charge is 2.20. The first kappa shape index (κ1) is 19.0. The van der Waals surface area contributed by atoms with Crippen LogP contribution in [-0.4, -0.2) is 19.0 Å². The standard InChI is InChI=1S/C18H22OS.CHF3/c1-2-3-12-19-17-11-10-16(18-9-6-13-20-18)14-7-4-5-8-15(14)17;2-1(3)4/h4-5,7-8,10-11,18H,2-3,6,9,12-13H2,1H3;1H. The average Bonchev–Trinajstić information content (AvgIpc) is 3.09. The zero-order chi connectivity index (χ0) is 17.4. The van der Waals surface area contributed by atoms with E-state index in [1.807, 2.05) is 0 Å². The van der Waals surface area contributed by atoms with Crippen LogP contribution in [0.3, 0.4) is 0 Å². The highest BCUT2D eigenvalue weighted by molar-refractivity contribution is 7.99. The van der Waals surface area contributed by atoms with Gasteiger partial charge in [-0.1, -0.05) is 43.7 Å². The van der Waals surface area contributed by atoms with E-state index in [1.165, 1.54) is 41.4 Å². The first-order valence-electron chi connectivity index (χ1n) is 8.31. The normalized spacial score (nSPS) is 17.0. The molecule has 0 spiro atoms. The minimum Gasteiger partial charge on any atom is -0.493 e. The summed E-state index contributed by atoms with van der Waals surface area (Å²) < 4.78 is 35.0. The van der Waals surface area contributed by atoms with Crippen molar-refractivity contribution < 1.29 is 17.9 Å². The van der Waals surface area contributed by atoms with Gasteiger partial charge in [-0.3, -0.25) is 0 Å². The summed E-state index contributed by atoms with van der Waals surface area (Å²) in [5, 5.41) is 3.32. The molecule has 2 aromatic carbocycles. The molecule has 2 aromatic rings. The number of hydrogen-bond donors (Lipinski definition) is 0. The smallest absolute Gasteiger partial charge is 0.379 e. The molecule has 5 heteroatoms. The maximum Gasteiger partial charge on any atom is 0.379 e. The Labute approximate surface area is 145 Å². The van der Waals surface area contributed by atoms with E-state index in [0.717, 1.165) is 18.8 Å². The van der Waals surface area contributed by atoms with Crippen LogP contribution in [0.2, 0.25) is 0 Å². The quantitative estimate of drug-likeness (QED) is 0.547. The van der Waals surface area contributed by atoms with E-state index in [0.29, 0.717) is 5.25 Å². The predicted molar refractivity (Wildman–Crippen MR) is 95.9 cm³/mol. The summed E-state index contributed by atoms with van der Waals surface area (Å²) in [6.07, 6.45) is 4.95. The van der Waals surface area contributed by atoms with Gasteiger partial charge in [0.15, 0.2) is 0 Å². The molecule has 1 fully saturated rings. The third-order valence-corrected chi connectivity index (χ3v) is 5.37. The van der Waals surface area contributed by atoms with Gasteiger partial charge < -0.3 is 4.74 Å². The molecule has 3 rings (SSSR count). The Kier molecular flexibility index (Phi) is 7.76. The zero-order valence-corrected chi connectivity index (χ0v) is 14.6. The van der Waals surface area contributed by atoms with Crippen LogP contribution in [0.1, 0.15) is 43.4 Å². The van der Waals surface area contributed by atoms with Crippen molar-refractivity contribution in [3.8, 4) is 5.75 Å². The lowest BCUT2D eigenvalue weighted by Gasteiger charge is -2.16. The number of alkyl halides is 3. The second-order valence-electron chi connectivity index (χ2n) is 5.65. The minimum atomic E-state index is -3.67. The summed E-state index contributed by atoms with van der Waals surface area (Å²) in [5.74, 6) is 2.34. The van der Waals surface area contributed by atoms with Crippen molar-refractivity contribution in [2.75, 3.05) is 12.4 Å². The molecule has 1 heterocycles. The molecule has 0 amide bonds. The van der Waals surface area contributed by atoms with Crippen molar-refractivity contribution in [2.45, 2.75) is 44.5 Å². The van der Waals surface area contributed by atoms with Gasteiger partial charge in [0.1, 0.15) is 5.75 Å². The molecular formula is C19H23F3OS. The topological polar surface area (TPSA) is 9.23 Å². The van der Waals surface area contributed by atoms with E-state index in [1.54, 1.807) is 0 Å². The van der Waals surface area contributed by atoms with Crippen LogP contribution >= 0.6 is 11.8 Å². The number of thioether (sulfide) groups is 1. The van der Waals surface area contributed by atoms with Crippen LogP contribution in [0.25, 0.3) is 10.8 Å². The summed E-state index contributed by atoms with van der Waals surface area (Å²) in [5.41, 5.74) is 1.49. The first-order chi connectivity index (χ1) is 11.6. The summed E-state index contributed by atoms with van der Waals surface area (Å²) in [4.78, 5) is 0. The molecule has 0 N–H and O–H groups in total. The third kappa shape index (κ3) is 5.33. The molecule has 0 saturated carbocycles. The van der Waals surface area contributed by atoms with E-state index >= 15 is 0 Å². The summed E-state index contributed by atoms with van der Waals surface area (Å²) >= 11 is 2.10. The van der Waals surface area contributed by atoms with Gasteiger partial charge in [-0.2, -0.15) is 24.9 Å². The molecule has 0 aliphatic carbocycles. The van der Waals surface area contributed by atoms with Crippen molar-refractivity contribution >= 4 is 22.5 Å². The molecule has 1 atom stereocenters. The number of rotatable bonds is 5. The lowest BCUT2D eigenvalue weighted by Crippen LogP contribution is -1.98. The molecule has 0 radical (unpaired) electrons. The molecule has 1 nitrogen and oxygen atoms in total. The highest BCUT2D eigenvalue weighted by Crippen LogP contribution is 2.43.